The molecule has 2 aliphatic rings. The molecule has 4 heteroatoms. The van der Waals surface area contributed by atoms with Gasteiger partial charge in [-0.1, -0.05) is 18.2 Å². The van der Waals surface area contributed by atoms with Gasteiger partial charge in [0, 0.05) is 30.2 Å². The van der Waals surface area contributed by atoms with E-state index in [1.165, 1.54) is 11.3 Å². The Morgan fingerprint density at radius 2 is 2.00 bits per heavy atom. The van der Waals surface area contributed by atoms with E-state index in [1.54, 1.807) is 0 Å². The van der Waals surface area contributed by atoms with E-state index in [1.807, 2.05) is 12.1 Å². The molecule has 1 atom stereocenters. The first kappa shape index (κ1) is 15.2. The highest BCUT2D eigenvalue weighted by Gasteiger charge is 2.20. The van der Waals surface area contributed by atoms with E-state index in [9.17, 15) is 4.79 Å². The van der Waals surface area contributed by atoms with Crippen molar-refractivity contribution in [1.82, 2.24) is 0 Å². The summed E-state index contributed by atoms with van der Waals surface area (Å²) in [6, 6.07) is 16.6. The van der Waals surface area contributed by atoms with Crippen molar-refractivity contribution in [1.29, 1.82) is 0 Å². The maximum absolute atomic E-state index is 12.1. The predicted octanol–water partition coefficient (Wildman–Crippen LogP) is 3.89. The molecule has 0 bridgehead atoms. The Labute approximate surface area is 142 Å². The van der Waals surface area contributed by atoms with Crippen molar-refractivity contribution in [3.8, 4) is 0 Å². The minimum atomic E-state index is 0.0289. The summed E-state index contributed by atoms with van der Waals surface area (Å²) in [7, 11) is 0. The van der Waals surface area contributed by atoms with Gasteiger partial charge in [-0.2, -0.15) is 0 Å². The van der Waals surface area contributed by atoms with Crippen LogP contribution in [0.15, 0.2) is 48.5 Å². The largest absolute Gasteiger partial charge is 0.378 e. The Morgan fingerprint density at radius 1 is 1.17 bits per heavy atom. The predicted molar refractivity (Wildman–Crippen MR) is 95.8 cm³/mol. The normalized spacial score (nSPS) is 19.3. The third kappa shape index (κ3) is 3.15. The van der Waals surface area contributed by atoms with E-state index < -0.39 is 0 Å². The fourth-order valence-corrected chi connectivity index (χ4v) is 3.56. The van der Waals surface area contributed by atoms with Gasteiger partial charge >= 0.3 is 0 Å². The molecule has 1 saturated heterocycles. The number of carbonyl (C=O) groups is 1. The van der Waals surface area contributed by atoms with Crippen LogP contribution in [0.5, 0.6) is 0 Å². The van der Waals surface area contributed by atoms with Gasteiger partial charge in [0.2, 0.25) is 5.91 Å². The Kier molecular flexibility index (Phi) is 4.22. The van der Waals surface area contributed by atoms with E-state index in [0.717, 1.165) is 43.8 Å². The third-order valence-corrected chi connectivity index (χ3v) is 4.79. The van der Waals surface area contributed by atoms with Crippen molar-refractivity contribution in [3.05, 3.63) is 54.1 Å². The van der Waals surface area contributed by atoms with Gasteiger partial charge in [-0.15, -0.1) is 0 Å². The van der Waals surface area contributed by atoms with Crippen LogP contribution in [0.1, 0.15) is 24.8 Å². The zero-order chi connectivity index (χ0) is 16.4. The summed E-state index contributed by atoms with van der Waals surface area (Å²) in [6.07, 6.45) is 3.66. The number of carbonyl (C=O) groups excluding carboxylic acids is 1. The van der Waals surface area contributed by atoms with Gasteiger partial charge < -0.3 is 15.0 Å². The lowest BCUT2D eigenvalue weighted by Gasteiger charge is -2.20. The van der Waals surface area contributed by atoms with E-state index in [0.29, 0.717) is 6.42 Å². The van der Waals surface area contributed by atoms with Crippen LogP contribution in [0.4, 0.5) is 17.1 Å². The van der Waals surface area contributed by atoms with Crippen LogP contribution in [-0.2, 0) is 16.0 Å². The first-order valence-electron chi connectivity index (χ1n) is 8.66. The summed E-state index contributed by atoms with van der Waals surface area (Å²) in [5.41, 5.74) is 4.69. The molecular formula is C20H22N2O2. The van der Waals surface area contributed by atoms with Crippen LogP contribution in [-0.4, -0.2) is 25.2 Å². The fourth-order valence-electron chi connectivity index (χ4n) is 3.56. The third-order valence-electron chi connectivity index (χ3n) is 4.79. The van der Waals surface area contributed by atoms with Gasteiger partial charge in [0.1, 0.15) is 0 Å². The number of fused-ring (bicyclic) bond motifs is 1. The number of rotatable bonds is 4. The quantitative estimate of drug-likeness (QED) is 0.928. The number of para-hydroxylation sites is 1. The van der Waals surface area contributed by atoms with E-state index in [4.69, 9.17) is 4.74 Å². The Morgan fingerprint density at radius 3 is 2.79 bits per heavy atom. The highest BCUT2D eigenvalue weighted by molar-refractivity contribution is 5.91. The molecule has 4 nitrogen and oxygen atoms in total. The monoisotopic (exact) mass is 322 g/mol. The molecule has 2 aromatic rings. The maximum atomic E-state index is 12.1. The number of nitrogens with one attached hydrogen (secondary N) is 1. The Hall–Kier alpha value is -2.33. The lowest BCUT2D eigenvalue weighted by molar-refractivity contribution is -0.118. The second kappa shape index (κ2) is 6.65. The summed E-state index contributed by atoms with van der Waals surface area (Å²) in [5.74, 6) is 0.0289. The number of hydrogen-bond acceptors (Lipinski definition) is 3. The van der Waals surface area contributed by atoms with Gasteiger partial charge in [0.05, 0.1) is 12.5 Å². The van der Waals surface area contributed by atoms with Crippen LogP contribution in [0.2, 0.25) is 0 Å². The highest BCUT2D eigenvalue weighted by Crippen LogP contribution is 2.34. The van der Waals surface area contributed by atoms with Gasteiger partial charge in [0.25, 0.3) is 0 Å². The minimum Gasteiger partial charge on any atom is -0.378 e. The SMILES string of the molecule is O=C(CC1CCCO1)Nc1ccc(N2CCc3ccccc32)cc1. The van der Waals surface area contributed by atoms with Gasteiger partial charge in [-0.25, -0.2) is 0 Å². The number of hydrogen-bond donors (Lipinski definition) is 1. The maximum Gasteiger partial charge on any atom is 0.226 e. The molecule has 4 rings (SSSR count). The summed E-state index contributed by atoms with van der Waals surface area (Å²) in [6.45, 7) is 1.79. The van der Waals surface area contributed by atoms with Crippen molar-refractivity contribution < 1.29 is 9.53 Å². The number of ether oxygens (including phenoxy) is 1. The molecule has 0 aliphatic carbocycles. The average Bonchev–Trinajstić information content (AvgIpc) is 3.25. The molecule has 2 heterocycles. The number of nitrogens with zero attached hydrogens (tertiary/aromatic N) is 1. The Bertz CT molecular complexity index is 721. The molecule has 2 aliphatic heterocycles. The molecule has 0 radical (unpaired) electrons. The first-order chi connectivity index (χ1) is 11.8. The smallest absolute Gasteiger partial charge is 0.226 e. The fraction of sp³-hybridized carbons (Fsp3) is 0.350. The molecule has 1 fully saturated rings. The second-order valence-electron chi connectivity index (χ2n) is 6.46. The molecule has 1 amide bonds. The molecular weight excluding hydrogens is 300 g/mol. The molecule has 0 spiro atoms. The van der Waals surface area contributed by atoms with Crippen LogP contribution < -0.4 is 10.2 Å². The van der Waals surface area contributed by atoms with Gasteiger partial charge in [0.15, 0.2) is 0 Å². The van der Waals surface area contributed by atoms with E-state index in [2.05, 4.69) is 46.6 Å². The number of anilines is 3. The Balaban J connectivity index is 1.41. The summed E-state index contributed by atoms with van der Waals surface area (Å²) in [5, 5.41) is 2.97. The van der Waals surface area contributed by atoms with Crippen molar-refractivity contribution in [2.45, 2.75) is 31.8 Å². The van der Waals surface area contributed by atoms with E-state index in [-0.39, 0.29) is 12.0 Å². The van der Waals surface area contributed by atoms with Crippen LogP contribution in [0.25, 0.3) is 0 Å². The molecule has 0 saturated carbocycles. The lowest BCUT2D eigenvalue weighted by Crippen LogP contribution is -2.19. The molecule has 2 aromatic carbocycles. The molecule has 1 unspecified atom stereocenters. The standard InChI is InChI=1S/C20H22N2O2/c23-20(14-18-5-3-13-24-18)21-16-7-9-17(10-8-16)22-12-11-15-4-1-2-6-19(15)22/h1-2,4,6-10,18H,3,5,11-14H2,(H,21,23). The van der Waals surface area contributed by atoms with Crippen molar-refractivity contribution in [3.63, 3.8) is 0 Å². The highest BCUT2D eigenvalue weighted by atomic mass is 16.5. The second-order valence-corrected chi connectivity index (χ2v) is 6.46. The molecule has 24 heavy (non-hydrogen) atoms. The van der Waals surface area contributed by atoms with Gasteiger partial charge in [-0.3, -0.25) is 4.79 Å². The number of amides is 1. The van der Waals surface area contributed by atoms with Crippen molar-refractivity contribution in [2.75, 3.05) is 23.4 Å². The molecule has 124 valence electrons. The summed E-state index contributed by atoms with van der Waals surface area (Å²) < 4.78 is 5.51. The van der Waals surface area contributed by atoms with Crippen molar-refractivity contribution in [2.24, 2.45) is 0 Å². The lowest BCUT2D eigenvalue weighted by atomic mass is 10.1. The number of benzene rings is 2. The topological polar surface area (TPSA) is 41.6 Å². The minimum absolute atomic E-state index is 0.0289. The summed E-state index contributed by atoms with van der Waals surface area (Å²) in [4.78, 5) is 14.4. The van der Waals surface area contributed by atoms with Gasteiger partial charge in [-0.05, 0) is 55.2 Å². The van der Waals surface area contributed by atoms with E-state index >= 15 is 0 Å². The van der Waals surface area contributed by atoms with Crippen LogP contribution in [0.3, 0.4) is 0 Å². The van der Waals surface area contributed by atoms with Crippen LogP contribution in [0, 0.1) is 0 Å². The first-order valence-corrected chi connectivity index (χ1v) is 8.66. The average molecular weight is 322 g/mol. The molecule has 0 aromatic heterocycles. The zero-order valence-corrected chi connectivity index (χ0v) is 13.7. The summed E-state index contributed by atoms with van der Waals surface area (Å²) >= 11 is 0. The van der Waals surface area contributed by atoms with Crippen LogP contribution >= 0.6 is 0 Å². The molecule has 1 N–H and O–H groups in total. The zero-order valence-electron chi connectivity index (χ0n) is 13.7. The van der Waals surface area contributed by atoms with Crippen molar-refractivity contribution >= 4 is 23.0 Å².